The molecule has 0 spiro atoms. The summed E-state index contributed by atoms with van der Waals surface area (Å²) in [6, 6.07) is 22.7. The lowest BCUT2D eigenvalue weighted by Crippen LogP contribution is -2.26. The number of nitrogens with zero attached hydrogens (tertiary/aromatic N) is 2. The van der Waals surface area contributed by atoms with Crippen LogP contribution in [0.4, 0.5) is 21.5 Å². The van der Waals surface area contributed by atoms with Gasteiger partial charge in [-0.25, -0.2) is 4.39 Å². The van der Waals surface area contributed by atoms with Gasteiger partial charge in [-0.15, -0.1) is 0 Å². The summed E-state index contributed by atoms with van der Waals surface area (Å²) in [4.78, 5) is 26.3. The van der Waals surface area contributed by atoms with Gasteiger partial charge in [-0.1, -0.05) is 42.5 Å². The van der Waals surface area contributed by atoms with Crippen LogP contribution in [0.1, 0.15) is 32.6 Å². The SMILES string of the molecule is Cc1ccc(N2C(=O)/C(=N\Nc3cccc(-c4cccc(C=O)c4)c3O)c3cc(CF)ccc32)cc1C. The number of hydrazone groups is 1. The third-order valence-electron chi connectivity index (χ3n) is 6.52. The summed E-state index contributed by atoms with van der Waals surface area (Å²) < 4.78 is 13.5. The number of aryl methyl sites for hydroxylation is 2. The Labute approximate surface area is 213 Å². The van der Waals surface area contributed by atoms with Crippen molar-refractivity contribution in [2.45, 2.75) is 20.5 Å². The van der Waals surface area contributed by atoms with Gasteiger partial charge in [0.05, 0.1) is 11.4 Å². The highest BCUT2D eigenvalue weighted by Gasteiger charge is 2.35. The van der Waals surface area contributed by atoms with Crippen LogP contribution in [0.3, 0.4) is 0 Å². The number of aromatic hydroxyl groups is 1. The first-order chi connectivity index (χ1) is 17.9. The van der Waals surface area contributed by atoms with Crippen molar-refractivity contribution < 1.29 is 19.1 Å². The number of amides is 1. The zero-order valence-corrected chi connectivity index (χ0v) is 20.3. The third-order valence-corrected chi connectivity index (χ3v) is 6.52. The molecule has 1 amide bonds. The number of hydrogen-bond acceptors (Lipinski definition) is 5. The zero-order chi connectivity index (χ0) is 26.1. The van der Waals surface area contributed by atoms with Crippen molar-refractivity contribution in [3.8, 4) is 16.9 Å². The van der Waals surface area contributed by atoms with Crippen molar-refractivity contribution in [2.75, 3.05) is 10.3 Å². The maximum Gasteiger partial charge on any atom is 0.283 e. The number of carbonyl (C=O) groups is 2. The Balaban J connectivity index is 1.55. The van der Waals surface area contributed by atoms with Gasteiger partial charge in [-0.2, -0.15) is 5.10 Å². The molecule has 0 saturated carbocycles. The van der Waals surface area contributed by atoms with Crippen molar-refractivity contribution >= 4 is 35.0 Å². The van der Waals surface area contributed by atoms with E-state index < -0.39 is 6.67 Å². The Morgan fingerprint density at radius 1 is 0.946 bits per heavy atom. The Morgan fingerprint density at radius 3 is 2.51 bits per heavy atom. The molecule has 4 aromatic rings. The standard InChI is InChI=1S/C30H24FN3O3/c1-18-9-11-23(13-19(18)2)34-27-12-10-20(16-31)15-25(27)28(30(34)37)33-32-26-8-4-7-24(29(26)36)22-6-3-5-21(14-22)17-35/h3-15,17,32,36H,16H2,1-2H3/b33-28-. The number of para-hydroxylation sites is 1. The summed E-state index contributed by atoms with van der Waals surface area (Å²) >= 11 is 0. The summed E-state index contributed by atoms with van der Waals surface area (Å²) in [5.41, 5.74) is 9.23. The van der Waals surface area contributed by atoms with Crippen LogP contribution in [-0.4, -0.2) is 23.0 Å². The number of phenolic OH excluding ortho intramolecular Hbond substituents is 1. The second-order valence-corrected chi connectivity index (χ2v) is 8.91. The molecule has 1 aliphatic heterocycles. The van der Waals surface area contributed by atoms with Crippen LogP contribution in [0.2, 0.25) is 0 Å². The highest BCUT2D eigenvalue weighted by molar-refractivity contribution is 6.55. The number of hydrogen-bond donors (Lipinski definition) is 2. The molecule has 0 unspecified atom stereocenters. The number of halogens is 1. The van der Waals surface area contributed by atoms with Gasteiger partial charge in [0.25, 0.3) is 5.91 Å². The summed E-state index contributed by atoms with van der Waals surface area (Å²) in [6.45, 7) is 3.30. The van der Waals surface area contributed by atoms with Gasteiger partial charge in [0.2, 0.25) is 0 Å². The van der Waals surface area contributed by atoms with Gasteiger partial charge in [0.15, 0.2) is 5.71 Å². The van der Waals surface area contributed by atoms with Crippen LogP contribution in [0, 0.1) is 13.8 Å². The van der Waals surface area contributed by atoms with E-state index in [0.29, 0.717) is 39.2 Å². The molecule has 2 N–H and O–H groups in total. The Morgan fingerprint density at radius 2 is 1.76 bits per heavy atom. The van der Waals surface area contributed by atoms with Gasteiger partial charge < -0.3 is 5.11 Å². The summed E-state index contributed by atoms with van der Waals surface area (Å²) in [7, 11) is 0. The predicted octanol–water partition coefficient (Wildman–Crippen LogP) is 6.45. The van der Waals surface area contributed by atoms with E-state index in [0.717, 1.165) is 17.4 Å². The van der Waals surface area contributed by atoms with E-state index in [1.54, 1.807) is 65.6 Å². The van der Waals surface area contributed by atoms with Gasteiger partial charge in [0, 0.05) is 22.4 Å². The molecular formula is C30H24FN3O3. The summed E-state index contributed by atoms with van der Waals surface area (Å²) in [5, 5.41) is 15.3. The minimum absolute atomic E-state index is 0.0795. The molecule has 4 aromatic carbocycles. The maximum absolute atomic E-state index is 13.6. The largest absolute Gasteiger partial charge is 0.505 e. The first-order valence-electron chi connectivity index (χ1n) is 11.7. The van der Waals surface area contributed by atoms with E-state index >= 15 is 0 Å². The van der Waals surface area contributed by atoms with Gasteiger partial charge >= 0.3 is 0 Å². The fourth-order valence-corrected chi connectivity index (χ4v) is 4.37. The molecule has 0 bridgehead atoms. The average molecular weight is 494 g/mol. The first-order valence-corrected chi connectivity index (χ1v) is 11.7. The maximum atomic E-state index is 13.6. The molecule has 184 valence electrons. The first kappa shape index (κ1) is 23.9. The second-order valence-electron chi connectivity index (χ2n) is 8.91. The molecule has 6 nitrogen and oxygen atoms in total. The fraction of sp³-hybridized carbons (Fsp3) is 0.100. The van der Waals surface area contributed by atoms with Crippen LogP contribution in [0.15, 0.2) is 84.0 Å². The molecule has 7 heteroatoms. The highest BCUT2D eigenvalue weighted by atomic mass is 19.1. The fourth-order valence-electron chi connectivity index (χ4n) is 4.37. The number of phenols is 1. The molecule has 37 heavy (non-hydrogen) atoms. The van der Waals surface area contributed by atoms with Crippen LogP contribution in [0.25, 0.3) is 11.1 Å². The number of fused-ring (bicyclic) bond motifs is 1. The summed E-state index contributed by atoms with van der Waals surface area (Å²) in [6.07, 6.45) is 0.741. The van der Waals surface area contributed by atoms with E-state index in [-0.39, 0.29) is 23.1 Å². The van der Waals surface area contributed by atoms with Crippen molar-refractivity contribution in [2.24, 2.45) is 5.10 Å². The Bertz CT molecular complexity index is 1580. The van der Waals surface area contributed by atoms with Gasteiger partial charge in [-0.05, 0) is 72.5 Å². The molecule has 5 rings (SSSR count). The number of rotatable bonds is 6. The monoisotopic (exact) mass is 493 g/mol. The molecule has 0 aromatic heterocycles. The average Bonchev–Trinajstić information content (AvgIpc) is 3.19. The second kappa shape index (κ2) is 9.70. The van der Waals surface area contributed by atoms with Gasteiger partial charge in [-0.3, -0.25) is 19.9 Å². The topological polar surface area (TPSA) is 82.0 Å². The number of nitrogens with one attached hydrogen (secondary N) is 1. The quantitative estimate of drug-likeness (QED) is 0.184. The van der Waals surface area contributed by atoms with Crippen molar-refractivity contribution in [1.82, 2.24) is 0 Å². The number of anilines is 3. The Hall–Kier alpha value is -4.78. The van der Waals surface area contributed by atoms with E-state index in [9.17, 15) is 19.1 Å². The lowest BCUT2D eigenvalue weighted by molar-refractivity contribution is -0.111. The predicted molar refractivity (Wildman–Crippen MR) is 143 cm³/mol. The van der Waals surface area contributed by atoms with Crippen LogP contribution >= 0.6 is 0 Å². The minimum atomic E-state index is -0.672. The third kappa shape index (κ3) is 4.36. The number of alkyl halides is 1. The van der Waals surface area contributed by atoms with Crippen molar-refractivity contribution in [1.29, 1.82) is 0 Å². The smallest absolute Gasteiger partial charge is 0.283 e. The Kier molecular flexibility index (Phi) is 6.27. The lowest BCUT2D eigenvalue weighted by Gasteiger charge is -2.18. The van der Waals surface area contributed by atoms with Crippen molar-refractivity contribution in [3.05, 3.63) is 107 Å². The van der Waals surface area contributed by atoms with Crippen LogP contribution < -0.4 is 10.3 Å². The molecule has 1 heterocycles. The summed E-state index contributed by atoms with van der Waals surface area (Å²) in [5.74, 6) is -0.444. The molecule has 0 atom stereocenters. The highest BCUT2D eigenvalue weighted by Crippen LogP contribution is 2.39. The molecular weight excluding hydrogens is 469 g/mol. The molecule has 0 radical (unpaired) electrons. The molecule has 1 aliphatic rings. The molecule has 0 saturated heterocycles. The zero-order valence-electron chi connectivity index (χ0n) is 20.3. The number of carbonyl (C=O) groups excluding carboxylic acids is 2. The van der Waals surface area contributed by atoms with Crippen LogP contribution in [0.5, 0.6) is 5.75 Å². The lowest BCUT2D eigenvalue weighted by atomic mass is 10.0. The van der Waals surface area contributed by atoms with Gasteiger partial charge in [0.1, 0.15) is 18.7 Å². The number of benzene rings is 4. The van der Waals surface area contributed by atoms with E-state index in [1.807, 2.05) is 32.0 Å². The number of aldehydes is 1. The normalized spacial score (nSPS) is 13.6. The molecule has 0 aliphatic carbocycles. The van der Waals surface area contributed by atoms with Crippen molar-refractivity contribution in [3.63, 3.8) is 0 Å². The minimum Gasteiger partial charge on any atom is -0.505 e. The molecule has 0 fully saturated rings. The van der Waals surface area contributed by atoms with E-state index in [1.165, 1.54) is 0 Å². The van der Waals surface area contributed by atoms with E-state index in [2.05, 4.69) is 10.5 Å². The van der Waals surface area contributed by atoms with E-state index in [4.69, 9.17) is 0 Å². The van der Waals surface area contributed by atoms with Crippen LogP contribution in [-0.2, 0) is 11.5 Å².